The third kappa shape index (κ3) is 2.87. The topological polar surface area (TPSA) is 117 Å². The Morgan fingerprint density at radius 1 is 1.24 bits per heavy atom. The van der Waals surface area contributed by atoms with Crippen LogP contribution in [0.25, 0.3) is 21.3 Å². The second-order valence-electron chi connectivity index (χ2n) is 5.83. The molecule has 2 aromatic carbocycles. The third-order valence-electron chi connectivity index (χ3n) is 4.00. The van der Waals surface area contributed by atoms with Crippen LogP contribution in [0.2, 0.25) is 0 Å². The Labute approximate surface area is 145 Å². The van der Waals surface area contributed by atoms with Crippen LogP contribution in [0.3, 0.4) is 0 Å². The van der Waals surface area contributed by atoms with Crippen molar-refractivity contribution in [2.45, 2.75) is 13.5 Å². The van der Waals surface area contributed by atoms with Crippen molar-refractivity contribution >= 4 is 43.6 Å². The number of rotatable bonds is 3. The zero-order valence-corrected chi connectivity index (χ0v) is 14.2. The van der Waals surface area contributed by atoms with Gasteiger partial charge in [-0.05, 0) is 42.3 Å². The molecule has 0 aliphatic rings. The highest BCUT2D eigenvalue weighted by Gasteiger charge is 2.11. The first-order valence-corrected chi connectivity index (χ1v) is 8.47. The predicted molar refractivity (Wildman–Crippen MR) is 98.9 cm³/mol. The summed E-state index contributed by atoms with van der Waals surface area (Å²) in [6.07, 6.45) is 0. The molecule has 0 atom stereocenters. The molecule has 126 valence electrons. The van der Waals surface area contributed by atoms with Gasteiger partial charge in [0, 0.05) is 12.1 Å². The first-order valence-electron chi connectivity index (χ1n) is 7.65. The van der Waals surface area contributed by atoms with Gasteiger partial charge in [-0.3, -0.25) is 4.79 Å². The molecule has 8 heteroatoms. The average molecular weight is 353 g/mol. The lowest BCUT2D eigenvalue weighted by Gasteiger charge is -2.07. The standard InChI is InChI=1S/C17H15N5O2S/c1-8-4-10(6-13-14(8)22-16(18)25-13)15(23)19-7-9-2-3-11-12(5-9)21-17(24)20-11/h2-6H,7H2,1H3,(H2,18,22)(H,19,23)(H2,20,21,24). The first kappa shape index (κ1) is 15.4. The molecule has 0 aliphatic carbocycles. The van der Waals surface area contributed by atoms with Crippen LogP contribution in [0.4, 0.5) is 5.13 Å². The predicted octanol–water partition coefficient (Wildman–Crippen LogP) is 2.29. The molecule has 7 nitrogen and oxygen atoms in total. The maximum absolute atomic E-state index is 12.5. The van der Waals surface area contributed by atoms with Gasteiger partial charge in [-0.1, -0.05) is 17.4 Å². The van der Waals surface area contributed by atoms with E-state index in [1.54, 1.807) is 6.07 Å². The molecule has 2 aromatic heterocycles. The number of anilines is 1. The van der Waals surface area contributed by atoms with Crippen molar-refractivity contribution in [2.24, 2.45) is 0 Å². The lowest BCUT2D eigenvalue weighted by molar-refractivity contribution is 0.0951. The van der Waals surface area contributed by atoms with E-state index in [2.05, 4.69) is 20.3 Å². The summed E-state index contributed by atoms with van der Waals surface area (Å²) in [7, 11) is 0. The number of aryl methyl sites for hydroxylation is 1. The van der Waals surface area contributed by atoms with E-state index in [9.17, 15) is 9.59 Å². The number of amides is 1. The quantitative estimate of drug-likeness (QED) is 0.452. The number of hydrogen-bond acceptors (Lipinski definition) is 5. The Balaban J connectivity index is 1.55. The molecule has 25 heavy (non-hydrogen) atoms. The van der Waals surface area contributed by atoms with Crippen molar-refractivity contribution < 1.29 is 4.79 Å². The maximum atomic E-state index is 12.5. The molecular weight excluding hydrogens is 338 g/mol. The highest BCUT2D eigenvalue weighted by molar-refractivity contribution is 7.22. The molecule has 0 spiro atoms. The molecule has 0 radical (unpaired) electrons. The molecule has 0 unspecified atom stereocenters. The SMILES string of the molecule is Cc1cc(C(=O)NCc2ccc3[nH]c(=O)[nH]c3c2)cc2sc(N)nc12. The monoisotopic (exact) mass is 353 g/mol. The largest absolute Gasteiger partial charge is 0.375 e. The fourth-order valence-corrected chi connectivity index (χ4v) is 3.67. The van der Waals surface area contributed by atoms with Gasteiger partial charge in [-0.2, -0.15) is 0 Å². The van der Waals surface area contributed by atoms with Crippen molar-refractivity contribution in [3.8, 4) is 0 Å². The van der Waals surface area contributed by atoms with Gasteiger partial charge in [0.15, 0.2) is 5.13 Å². The molecule has 2 heterocycles. The fourth-order valence-electron chi connectivity index (χ4n) is 2.82. The molecule has 4 rings (SSSR count). The molecule has 0 saturated heterocycles. The van der Waals surface area contributed by atoms with Gasteiger partial charge in [0.05, 0.1) is 21.3 Å². The lowest BCUT2D eigenvalue weighted by atomic mass is 10.1. The lowest BCUT2D eigenvalue weighted by Crippen LogP contribution is -2.22. The van der Waals surface area contributed by atoms with Crippen LogP contribution in [0, 0.1) is 6.92 Å². The van der Waals surface area contributed by atoms with Crippen molar-refractivity contribution in [3.63, 3.8) is 0 Å². The molecule has 0 saturated carbocycles. The highest BCUT2D eigenvalue weighted by Crippen LogP contribution is 2.27. The second kappa shape index (κ2) is 5.75. The number of thiazole rings is 1. The van der Waals surface area contributed by atoms with Crippen molar-refractivity contribution in [1.29, 1.82) is 0 Å². The Bertz CT molecular complexity index is 1170. The van der Waals surface area contributed by atoms with Gasteiger partial charge in [0.25, 0.3) is 5.91 Å². The number of aromatic amines is 2. The second-order valence-corrected chi connectivity index (χ2v) is 6.90. The number of benzene rings is 2. The minimum atomic E-state index is -0.246. The van der Waals surface area contributed by atoms with Crippen LogP contribution in [0.1, 0.15) is 21.5 Å². The van der Waals surface area contributed by atoms with E-state index in [-0.39, 0.29) is 11.6 Å². The highest BCUT2D eigenvalue weighted by atomic mass is 32.1. The van der Waals surface area contributed by atoms with E-state index >= 15 is 0 Å². The van der Waals surface area contributed by atoms with Crippen LogP contribution < -0.4 is 16.7 Å². The number of carbonyl (C=O) groups excluding carboxylic acids is 1. The number of nitrogen functional groups attached to an aromatic ring is 1. The number of nitrogens with one attached hydrogen (secondary N) is 3. The molecule has 1 amide bonds. The minimum absolute atomic E-state index is 0.167. The van der Waals surface area contributed by atoms with E-state index in [0.717, 1.165) is 26.9 Å². The Kier molecular flexibility index (Phi) is 3.54. The number of H-pyrrole nitrogens is 2. The number of aromatic nitrogens is 3. The number of imidazole rings is 1. The van der Waals surface area contributed by atoms with Gasteiger partial charge in [0.1, 0.15) is 0 Å². The summed E-state index contributed by atoms with van der Waals surface area (Å²) in [5.41, 5.74) is 10.2. The van der Waals surface area contributed by atoms with Crippen LogP contribution >= 0.6 is 11.3 Å². The Morgan fingerprint density at radius 3 is 2.88 bits per heavy atom. The van der Waals surface area contributed by atoms with E-state index in [4.69, 9.17) is 5.73 Å². The normalized spacial score (nSPS) is 11.2. The number of nitrogens with two attached hydrogens (primary N) is 1. The van der Waals surface area contributed by atoms with Crippen LogP contribution in [0.5, 0.6) is 0 Å². The first-order chi connectivity index (χ1) is 12.0. The summed E-state index contributed by atoms with van der Waals surface area (Å²) in [4.78, 5) is 33.4. The van der Waals surface area contributed by atoms with Crippen molar-refractivity contribution in [1.82, 2.24) is 20.3 Å². The summed E-state index contributed by atoms with van der Waals surface area (Å²) >= 11 is 1.37. The Hall–Kier alpha value is -3.13. The molecule has 0 fully saturated rings. The smallest absolute Gasteiger partial charge is 0.323 e. The van der Waals surface area contributed by atoms with Gasteiger partial charge in [-0.25, -0.2) is 9.78 Å². The number of hydrogen-bond donors (Lipinski definition) is 4. The molecule has 4 aromatic rings. The van der Waals surface area contributed by atoms with E-state index in [1.165, 1.54) is 11.3 Å². The van der Waals surface area contributed by atoms with Crippen LogP contribution in [0.15, 0.2) is 35.1 Å². The maximum Gasteiger partial charge on any atom is 0.323 e. The molecular formula is C17H15N5O2S. The summed E-state index contributed by atoms with van der Waals surface area (Å²) in [6.45, 7) is 2.28. The average Bonchev–Trinajstić information content (AvgIpc) is 3.13. The third-order valence-corrected chi connectivity index (χ3v) is 4.83. The minimum Gasteiger partial charge on any atom is -0.375 e. The number of nitrogens with zero attached hydrogens (tertiary/aromatic N) is 1. The van der Waals surface area contributed by atoms with Crippen LogP contribution in [-0.2, 0) is 6.54 Å². The molecule has 0 bridgehead atoms. The zero-order chi connectivity index (χ0) is 17.6. The van der Waals surface area contributed by atoms with Crippen molar-refractivity contribution in [2.75, 3.05) is 5.73 Å². The zero-order valence-electron chi connectivity index (χ0n) is 13.3. The van der Waals surface area contributed by atoms with Gasteiger partial charge in [-0.15, -0.1) is 0 Å². The number of fused-ring (bicyclic) bond motifs is 2. The molecule has 0 aliphatic heterocycles. The summed E-state index contributed by atoms with van der Waals surface area (Å²) < 4.78 is 0.897. The van der Waals surface area contributed by atoms with Crippen molar-refractivity contribution in [3.05, 3.63) is 57.5 Å². The fraction of sp³-hybridized carbons (Fsp3) is 0.118. The van der Waals surface area contributed by atoms with Crippen LogP contribution in [-0.4, -0.2) is 20.9 Å². The van der Waals surface area contributed by atoms with E-state index in [0.29, 0.717) is 22.8 Å². The Morgan fingerprint density at radius 2 is 2.04 bits per heavy atom. The molecule has 5 N–H and O–H groups in total. The van der Waals surface area contributed by atoms with Gasteiger partial charge in [0.2, 0.25) is 0 Å². The number of carbonyl (C=O) groups is 1. The summed E-state index contributed by atoms with van der Waals surface area (Å²) in [6, 6.07) is 9.13. The summed E-state index contributed by atoms with van der Waals surface area (Å²) in [5.74, 6) is -0.167. The van der Waals surface area contributed by atoms with E-state index in [1.807, 2.05) is 31.2 Å². The van der Waals surface area contributed by atoms with Gasteiger partial charge >= 0.3 is 5.69 Å². The summed E-state index contributed by atoms with van der Waals surface area (Å²) in [5, 5.41) is 3.39. The van der Waals surface area contributed by atoms with Gasteiger partial charge < -0.3 is 21.0 Å². The van der Waals surface area contributed by atoms with E-state index < -0.39 is 0 Å².